The smallest absolute Gasteiger partial charge is 0.348 e. The number of halogens is 2. The number of carbonyl (C=O) groups excluding carboxylic acids is 1. The van der Waals surface area contributed by atoms with Gasteiger partial charge in [-0.1, -0.05) is 12.1 Å². The van der Waals surface area contributed by atoms with Crippen molar-refractivity contribution in [3.05, 3.63) is 69.8 Å². The molecule has 6 nitrogen and oxygen atoms in total. The van der Waals surface area contributed by atoms with Crippen molar-refractivity contribution in [1.29, 1.82) is 0 Å². The van der Waals surface area contributed by atoms with Crippen LogP contribution >= 0.6 is 0 Å². The molecule has 8 heteroatoms. The van der Waals surface area contributed by atoms with Gasteiger partial charge in [-0.3, -0.25) is 4.79 Å². The molecule has 0 unspecified atom stereocenters. The summed E-state index contributed by atoms with van der Waals surface area (Å²) in [7, 11) is 0. The molecule has 2 heterocycles. The first-order valence-electron chi connectivity index (χ1n) is 8.76. The van der Waals surface area contributed by atoms with Crippen LogP contribution in [-0.2, 0) is 11.3 Å². The van der Waals surface area contributed by atoms with Crippen LogP contribution in [0, 0.1) is 11.6 Å². The minimum Gasteiger partial charge on any atom is -0.348 e. The van der Waals surface area contributed by atoms with Crippen LogP contribution in [0.3, 0.4) is 0 Å². The molecule has 140 valence electrons. The fourth-order valence-corrected chi connectivity index (χ4v) is 3.08. The Hall–Kier alpha value is -3.03. The lowest BCUT2D eigenvalue weighted by Crippen LogP contribution is -2.34. The summed E-state index contributed by atoms with van der Waals surface area (Å²) in [6, 6.07) is 6.64. The van der Waals surface area contributed by atoms with E-state index in [-0.39, 0.29) is 12.2 Å². The SMILES string of the molecule is C[C@H](NC(=O)Cn1nc2ccc(C3CC3)cn2c1=O)c1ccc(F)c(F)c1. The van der Waals surface area contributed by atoms with Gasteiger partial charge in [0, 0.05) is 6.20 Å². The third-order valence-corrected chi connectivity index (χ3v) is 4.76. The van der Waals surface area contributed by atoms with Crippen LogP contribution in [0.4, 0.5) is 8.78 Å². The first-order valence-corrected chi connectivity index (χ1v) is 8.76. The molecule has 0 bridgehead atoms. The molecule has 1 atom stereocenters. The van der Waals surface area contributed by atoms with Crippen molar-refractivity contribution in [1.82, 2.24) is 19.5 Å². The zero-order valence-electron chi connectivity index (χ0n) is 14.7. The standard InChI is InChI=1S/C19H18F2N4O2/c1-11(13-4-6-15(20)16(21)8-13)22-18(26)10-25-19(27)24-9-14(12-2-3-12)5-7-17(24)23-25/h4-9,11-12H,2-3,10H2,1H3,(H,22,26)/t11-/m0/s1. The summed E-state index contributed by atoms with van der Waals surface area (Å²) < 4.78 is 28.9. The quantitative estimate of drug-likeness (QED) is 0.748. The predicted octanol–water partition coefficient (Wildman–Crippen LogP) is 2.53. The van der Waals surface area contributed by atoms with Gasteiger partial charge in [0.15, 0.2) is 17.3 Å². The van der Waals surface area contributed by atoms with Crippen molar-refractivity contribution < 1.29 is 13.6 Å². The number of nitrogens with one attached hydrogen (secondary N) is 1. The van der Waals surface area contributed by atoms with E-state index in [1.807, 2.05) is 6.07 Å². The van der Waals surface area contributed by atoms with E-state index in [0.717, 1.165) is 35.2 Å². The topological polar surface area (TPSA) is 68.4 Å². The predicted molar refractivity (Wildman–Crippen MR) is 94.3 cm³/mol. The molecular weight excluding hydrogens is 354 g/mol. The molecule has 27 heavy (non-hydrogen) atoms. The minimum absolute atomic E-state index is 0.257. The normalized spacial score (nSPS) is 15.1. The number of benzene rings is 1. The van der Waals surface area contributed by atoms with Crippen LogP contribution < -0.4 is 11.0 Å². The van der Waals surface area contributed by atoms with Gasteiger partial charge in [0.1, 0.15) is 6.54 Å². The number of amides is 1. The van der Waals surface area contributed by atoms with E-state index in [9.17, 15) is 18.4 Å². The van der Waals surface area contributed by atoms with E-state index in [2.05, 4.69) is 10.4 Å². The third kappa shape index (κ3) is 3.47. The van der Waals surface area contributed by atoms with Gasteiger partial charge < -0.3 is 5.32 Å². The van der Waals surface area contributed by atoms with Crippen LogP contribution in [0.25, 0.3) is 5.65 Å². The second-order valence-corrected chi connectivity index (χ2v) is 6.87. The lowest BCUT2D eigenvalue weighted by Gasteiger charge is -2.14. The Bertz CT molecular complexity index is 1080. The maximum Gasteiger partial charge on any atom is 0.350 e. The van der Waals surface area contributed by atoms with E-state index in [1.165, 1.54) is 10.5 Å². The Kier molecular flexibility index (Phi) is 4.25. The summed E-state index contributed by atoms with van der Waals surface area (Å²) in [5.74, 6) is -1.86. The molecule has 0 aliphatic heterocycles. The Morgan fingerprint density at radius 2 is 2.04 bits per heavy atom. The van der Waals surface area contributed by atoms with Gasteiger partial charge >= 0.3 is 5.69 Å². The van der Waals surface area contributed by atoms with Gasteiger partial charge in [-0.2, -0.15) is 0 Å². The minimum atomic E-state index is -0.975. The Balaban J connectivity index is 1.49. The summed E-state index contributed by atoms with van der Waals surface area (Å²) >= 11 is 0. The molecule has 4 rings (SSSR count). The summed E-state index contributed by atoms with van der Waals surface area (Å²) in [5.41, 5.74) is 1.62. The first kappa shape index (κ1) is 17.4. The van der Waals surface area contributed by atoms with Crippen LogP contribution in [0.15, 0.2) is 41.3 Å². The zero-order valence-corrected chi connectivity index (χ0v) is 14.7. The number of fused-ring (bicyclic) bond motifs is 1. The third-order valence-electron chi connectivity index (χ3n) is 4.76. The Labute approximate surface area is 153 Å². The van der Waals surface area contributed by atoms with Gasteiger partial charge in [0.25, 0.3) is 0 Å². The fraction of sp³-hybridized carbons (Fsp3) is 0.316. The molecule has 1 fully saturated rings. The number of pyridine rings is 1. The number of rotatable bonds is 5. The first-order chi connectivity index (χ1) is 12.9. The Morgan fingerprint density at radius 3 is 2.74 bits per heavy atom. The van der Waals surface area contributed by atoms with Crippen molar-refractivity contribution in [2.45, 2.75) is 38.3 Å². The summed E-state index contributed by atoms with van der Waals surface area (Å²) in [6.45, 7) is 1.40. The highest BCUT2D eigenvalue weighted by atomic mass is 19.2. The molecular formula is C19H18F2N4O2. The molecule has 1 aliphatic rings. The van der Waals surface area contributed by atoms with E-state index in [1.54, 1.807) is 19.2 Å². The molecule has 0 saturated heterocycles. The van der Waals surface area contributed by atoms with Crippen molar-refractivity contribution >= 4 is 11.6 Å². The van der Waals surface area contributed by atoms with Gasteiger partial charge in [-0.05, 0) is 55.0 Å². The molecule has 2 aromatic heterocycles. The molecule has 1 saturated carbocycles. The second-order valence-electron chi connectivity index (χ2n) is 6.87. The van der Waals surface area contributed by atoms with Crippen LogP contribution in [0.1, 0.15) is 42.9 Å². The molecule has 1 amide bonds. The molecule has 1 N–H and O–H groups in total. The van der Waals surface area contributed by atoms with E-state index in [0.29, 0.717) is 17.1 Å². The van der Waals surface area contributed by atoms with E-state index in [4.69, 9.17) is 0 Å². The maximum atomic E-state index is 13.3. The number of hydrogen-bond donors (Lipinski definition) is 1. The number of carbonyl (C=O) groups is 1. The van der Waals surface area contributed by atoms with E-state index >= 15 is 0 Å². The van der Waals surface area contributed by atoms with Crippen LogP contribution in [-0.4, -0.2) is 20.1 Å². The van der Waals surface area contributed by atoms with Crippen molar-refractivity contribution in [3.63, 3.8) is 0 Å². The van der Waals surface area contributed by atoms with Crippen LogP contribution in [0.5, 0.6) is 0 Å². The highest BCUT2D eigenvalue weighted by Crippen LogP contribution is 2.39. The molecule has 3 aromatic rings. The van der Waals surface area contributed by atoms with Gasteiger partial charge in [-0.15, -0.1) is 5.10 Å². The number of nitrogens with zero attached hydrogens (tertiary/aromatic N) is 3. The number of hydrogen-bond acceptors (Lipinski definition) is 3. The van der Waals surface area contributed by atoms with Gasteiger partial charge in [-0.25, -0.2) is 22.7 Å². The van der Waals surface area contributed by atoms with Gasteiger partial charge in [0.2, 0.25) is 5.91 Å². The average molecular weight is 372 g/mol. The Morgan fingerprint density at radius 1 is 1.26 bits per heavy atom. The largest absolute Gasteiger partial charge is 0.350 e. The number of aromatic nitrogens is 3. The lowest BCUT2D eigenvalue weighted by atomic mass is 10.1. The highest BCUT2D eigenvalue weighted by Gasteiger charge is 2.24. The maximum absolute atomic E-state index is 13.3. The molecule has 1 aromatic carbocycles. The molecule has 0 radical (unpaired) electrons. The van der Waals surface area contributed by atoms with Crippen molar-refractivity contribution in [2.24, 2.45) is 0 Å². The molecule has 1 aliphatic carbocycles. The van der Waals surface area contributed by atoms with Crippen LogP contribution in [0.2, 0.25) is 0 Å². The fourth-order valence-electron chi connectivity index (χ4n) is 3.08. The summed E-state index contributed by atoms with van der Waals surface area (Å²) in [4.78, 5) is 24.8. The lowest BCUT2D eigenvalue weighted by molar-refractivity contribution is -0.122. The second kappa shape index (κ2) is 6.61. The zero-order chi connectivity index (χ0) is 19.1. The van der Waals surface area contributed by atoms with Gasteiger partial charge in [0.05, 0.1) is 6.04 Å². The average Bonchev–Trinajstić information content (AvgIpc) is 3.44. The monoisotopic (exact) mass is 372 g/mol. The summed E-state index contributed by atoms with van der Waals surface area (Å²) in [6.07, 6.45) is 4.03. The summed E-state index contributed by atoms with van der Waals surface area (Å²) in [5, 5.41) is 6.84. The molecule has 0 spiro atoms. The van der Waals surface area contributed by atoms with E-state index < -0.39 is 23.6 Å². The van der Waals surface area contributed by atoms with Crippen molar-refractivity contribution in [2.75, 3.05) is 0 Å². The van der Waals surface area contributed by atoms with Crippen molar-refractivity contribution in [3.8, 4) is 0 Å². The highest BCUT2D eigenvalue weighted by molar-refractivity contribution is 5.76.